The highest BCUT2D eigenvalue weighted by atomic mass is 79.9. The standard InChI is InChI=1S/C14H28BrNO/c1-14(2,3)13(9-15)11-16(4)10-12-5-7-17-8-6-12/h12-13H,5-11H2,1-4H3. The van der Waals surface area contributed by atoms with Crippen molar-refractivity contribution in [3.8, 4) is 0 Å². The maximum Gasteiger partial charge on any atom is 0.0469 e. The molecule has 1 aliphatic rings. The number of nitrogens with zero attached hydrogens (tertiary/aromatic N) is 1. The van der Waals surface area contributed by atoms with Gasteiger partial charge < -0.3 is 9.64 Å². The van der Waals surface area contributed by atoms with Gasteiger partial charge in [-0.3, -0.25) is 0 Å². The molecule has 1 fully saturated rings. The Hall–Kier alpha value is 0.400. The van der Waals surface area contributed by atoms with E-state index in [1.807, 2.05) is 0 Å². The zero-order valence-electron chi connectivity index (χ0n) is 11.8. The Kier molecular flexibility index (Phi) is 6.46. The first-order chi connectivity index (χ1) is 7.93. The van der Waals surface area contributed by atoms with E-state index in [-0.39, 0.29) is 0 Å². The van der Waals surface area contributed by atoms with Crippen molar-refractivity contribution in [2.75, 3.05) is 38.7 Å². The van der Waals surface area contributed by atoms with Gasteiger partial charge in [-0.25, -0.2) is 0 Å². The first-order valence-corrected chi connectivity index (χ1v) is 7.88. The van der Waals surface area contributed by atoms with Gasteiger partial charge in [-0.2, -0.15) is 0 Å². The molecule has 1 heterocycles. The average Bonchev–Trinajstić information content (AvgIpc) is 2.25. The van der Waals surface area contributed by atoms with Crippen LogP contribution in [0.15, 0.2) is 0 Å². The number of hydrogen-bond acceptors (Lipinski definition) is 2. The fourth-order valence-corrected chi connectivity index (χ4v) is 3.55. The van der Waals surface area contributed by atoms with E-state index in [4.69, 9.17) is 4.74 Å². The molecule has 1 atom stereocenters. The second kappa shape index (κ2) is 7.10. The molecule has 1 unspecified atom stereocenters. The fraction of sp³-hybridized carbons (Fsp3) is 1.00. The Labute approximate surface area is 115 Å². The second-order valence-electron chi connectivity index (χ2n) is 6.49. The van der Waals surface area contributed by atoms with Crippen LogP contribution in [0.2, 0.25) is 0 Å². The molecule has 2 nitrogen and oxygen atoms in total. The van der Waals surface area contributed by atoms with Gasteiger partial charge in [0.1, 0.15) is 0 Å². The van der Waals surface area contributed by atoms with E-state index in [2.05, 4.69) is 48.6 Å². The summed E-state index contributed by atoms with van der Waals surface area (Å²) in [5, 5.41) is 1.09. The van der Waals surface area contributed by atoms with Gasteiger partial charge in [0.15, 0.2) is 0 Å². The zero-order chi connectivity index (χ0) is 12.9. The van der Waals surface area contributed by atoms with Crippen molar-refractivity contribution >= 4 is 15.9 Å². The molecule has 1 rings (SSSR count). The largest absolute Gasteiger partial charge is 0.381 e. The van der Waals surface area contributed by atoms with Crippen LogP contribution in [0.3, 0.4) is 0 Å². The van der Waals surface area contributed by atoms with Crippen molar-refractivity contribution in [1.29, 1.82) is 0 Å². The van der Waals surface area contributed by atoms with Crippen molar-refractivity contribution in [3.05, 3.63) is 0 Å². The lowest BCUT2D eigenvalue weighted by Gasteiger charge is -2.34. The Morgan fingerprint density at radius 1 is 1.29 bits per heavy atom. The molecular formula is C14H28BrNO. The maximum absolute atomic E-state index is 5.41. The van der Waals surface area contributed by atoms with Crippen molar-refractivity contribution in [3.63, 3.8) is 0 Å². The molecule has 17 heavy (non-hydrogen) atoms. The Balaban J connectivity index is 2.34. The Morgan fingerprint density at radius 3 is 2.35 bits per heavy atom. The molecule has 0 aliphatic carbocycles. The van der Waals surface area contributed by atoms with Crippen LogP contribution in [0.4, 0.5) is 0 Å². The van der Waals surface area contributed by atoms with Gasteiger partial charge in [0.05, 0.1) is 0 Å². The van der Waals surface area contributed by atoms with Crippen LogP contribution in [0.25, 0.3) is 0 Å². The summed E-state index contributed by atoms with van der Waals surface area (Å²) in [5.74, 6) is 1.55. The lowest BCUT2D eigenvalue weighted by atomic mass is 9.81. The highest BCUT2D eigenvalue weighted by Crippen LogP contribution is 2.28. The lowest BCUT2D eigenvalue weighted by Crippen LogP contribution is -2.37. The maximum atomic E-state index is 5.41. The summed E-state index contributed by atoms with van der Waals surface area (Å²) in [5.41, 5.74) is 0.382. The van der Waals surface area contributed by atoms with Crippen LogP contribution in [0, 0.1) is 17.3 Å². The summed E-state index contributed by atoms with van der Waals surface area (Å²) >= 11 is 3.66. The lowest BCUT2D eigenvalue weighted by molar-refractivity contribution is 0.0517. The van der Waals surface area contributed by atoms with E-state index in [1.54, 1.807) is 0 Å². The summed E-state index contributed by atoms with van der Waals surface area (Å²) in [6, 6.07) is 0. The van der Waals surface area contributed by atoms with Gasteiger partial charge >= 0.3 is 0 Å². The molecule has 0 spiro atoms. The number of rotatable bonds is 5. The monoisotopic (exact) mass is 305 g/mol. The number of hydrogen-bond donors (Lipinski definition) is 0. The Bertz CT molecular complexity index is 209. The number of alkyl halides is 1. The highest BCUT2D eigenvalue weighted by molar-refractivity contribution is 9.09. The van der Waals surface area contributed by atoms with Gasteiger partial charge in [0, 0.05) is 31.6 Å². The summed E-state index contributed by atoms with van der Waals surface area (Å²) in [7, 11) is 2.26. The molecule has 0 aromatic rings. The van der Waals surface area contributed by atoms with Crippen LogP contribution in [-0.4, -0.2) is 43.6 Å². The molecule has 0 amide bonds. The van der Waals surface area contributed by atoms with E-state index in [0.717, 1.165) is 24.5 Å². The molecule has 1 saturated heterocycles. The quantitative estimate of drug-likeness (QED) is 0.722. The zero-order valence-corrected chi connectivity index (χ0v) is 13.4. The predicted octanol–water partition coefficient (Wildman–Crippen LogP) is 3.40. The van der Waals surface area contributed by atoms with Crippen LogP contribution < -0.4 is 0 Å². The first-order valence-electron chi connectivity index (χ1n) is 6.75. The molecule has 102 valence electrons. The van der Waals surface area contributed by atoms with E-state index in [9.17, 15) is 0 Å². The van der Waals surface area contributed by atoms with E-state index < -0.39 is 0 Å². The average molecular weight is 306 g/mol. The molecule has 3 heteroatoms. The summed E-state index contributed by atoms with van der Waals surface area (Å²) in [4.78, 5) is 2.51. The molecule has 0 aromatic carbocycles. The van der Waals surface area contributed by atoms with Crippen LogP contribution in [-0.2, 0) is 4.74 Å². The fourth-order valence-electron chi connectivity index (χ4n) is 2.37. The van der Waals surface area contributed by atoms with Gasteiger partial charge in [0.25, 0.3) is 0 Å². The summed E-state index contributed by atoms with van der Waals surface area (Å²) in [6.45, 7) is 11.3. The first kappa shape index (κ1) is 15.5. The molecule has 1 aliphatic heterocycles. The SMILES string of the molecule is CN(CC1CCOCC1)CC(CBr)C(C)(C)C. The molecule has 0 bridgehead atoms. The van der Waals surface area contributed by atoms with Crippen LogP contribution >= 0.6 is 15.9 Å². The summed E-state index contributed by atoms with van der Waals surface area (Å²) in [6.07, 6.45) is 2.47. The molecule has 0 N–H and O–H groups in total. The second-order valence-corrected chi connectivity index (χ2v) is 7.14. The van der Waals surface area contributed by atoms with E-state index >= 15 is 0 Å². The topological polar surface area (TPSA) is 12.5 Å². The third-order valence-corrected chi connectivity index (χ3v) is 4.64. The van der Waals surface area contributed by atoms with Crippen LogP contribution in [0.5, 0.6) is 0 Å². The third kappa shape index (κ3) is 5.71. The molecule has 0 aromatic heterocycles. The van der Waals surface area contributed by atoms with Gasteiger partial charge in [0.2, 0.25) is 0 Å². The molecular weight excluding hydrogens is 278 g/mol. The number of ether oxygens (including phenoxy) is 1. The van der Waals surface area contributed by atoms with Gasteiger partial charge in [-0.05, 0) is 37.1 Å². The summed E-state index contributed by atoms with van der Waals surface area (Å²) < 4.78 is 5.41. The van der Waals surface area contributed by atoms with Crippen molar-refractivity contribution < 1.29 is 4.74 Å². The Morgan fingerprint density at radius 2 is 1.88 bits per heavy atom. The third-order valence-electron chi connectivity index (χ3n) is 3.85. The minimum Gasteiger partial charge on any atom is -0.381 e. The van der Waals surface area contributed by atoms with Crippen LogP contribution in [0.1, 0.15) is 33.6 Å². The van der Waals surface area contributed by atoms with Crippen molar-refractivity contribution in [2.45, 2.75) is 33.6 Å². The molecule has 0 radical (unpaired) electrons. The number of halogens is 1. The smallest absolute Gasteiger partial charge is 0.0469 e. The van der Waals surface area contributed by atoms with Crippen molar-refractivity contribution in [1.82, 2.24) is 4.90 Å². The minimum absolute atomic E-state index is 0.382. The molecule has 0 saturated carbocycles. The minimum atomic E-state index is 0.382. The van der Waals surface area contributed by atoms with Crippen molar-refractivity contribution in [2.24, 2.45) is 17.3 Å². The van der Waals surface area contributed by atoms with E-state index in [0.29, 0.717) is 11.3 Å². The van der Waals surface area contributed by atoms with E-state index in [1.165, 1.54) is 25.9 Å². The highest BCUT2D eigenvalue weighted by Gasteiger charge is 2.25. The van der Waals surface area contributed by atoms with Gasteiger partial charge in [-0.15, -0.1) is 0 Å². The van der Waals surface area contributed by atoms with Gasteiger partial charge in [-0.1, -0.05) is 36.7 Å². The predicted molar refractivity (Wildman–Crippen MR) is 77.8 cm³/mol. The normalized spacial score (nSPS) is 20.8.